The second kappa shape index (κ2) is 3.11. The van der Waals surface area contributed by atoms with Gasteiger partial charge < -0.3 is 10.4 Å². The van der Waals surface area contributed by atoms with Crippen molar-refractivity contribution < 1.29 is 5.11 Å². The summed E-state index contributed by atoms with van der Waals surface area (Å²) in [5, 5.41) is 12.5. The Morgan fingerprint density at radius 2 is 2.00 bits per heavy atom. The lowest BCUT2D eigenvalue weighted by atomic mass is 9.88. The number of aliphatic hydroxyl groups excluding tert-OH is 1. The summed E-state index contributed by atoms with van der Waals surface area (Å²) < 4.78 is 0. The summed E-state index contributed by atoms with van der Waals surface area (Å²) in [7, 11) is 1.99. The summed E-state index contributed by atoms with van der Waals surface area (Å²) in [6.45, 7) is 4.75. The average molecular weight is 157 g/mol. The second-order valence-corrected chi connectivity index (χ2v) is 4.03. The molecule has 1 rings (SSSR count). The third kappa shape index (κ3) is 1.57. The van der Waals surface area contributed by atoms with Gasteiger partial charge in [0.1, 0.15) is 0 Å². The molecule has 0 saturated heterocycles. The molecule has 2 N–H and O–H groups in total. The Kier molecular flexibility index (Phi) is 2.55. The maximum absolute atomic E-state index is 9.17. The van der Waals surface area contributed by atoms with Crippen LogP contribution < -0.4 is 5.32 Å². The van der Waals surface area contributed by atoms with Crippen molar-refractivity contribution in [2.24, 2.45) is 11.3 Å². The monoisotopic (exact) mass is 157 g/mol. The fraction of sp³-hybridized carbons (Fsp3) is 1.00. The van der Waals surface area contributed by atoms with Gasteiger partial charge >= 0.3 is 0 Å². The Hall–Kier alpha value is -0.0800. The minimum Gasteiger partial charge on any atom is -0.396 e. The van der Waals surface area contributed by atoms with Crippen LogP contribution in [0.15, 0.2) is 0 Å². The molecule has 0 heterocycles. The molecule has 11 heavy (non-hydrogen) atoms. The molecule has 0 amide bonds. The van der Waals surface area contributed by atoms with Crippen molar-refractivity contribution in [3.8, 4) is 0 Å². The molecule has 2 heteroatoms. The highest BCUT2D eigenvalue weighted by Gasteiger charge is 2.49. The van der Waals surface area contributed by atoms with E-state index < -0.39 is 0 Å². The number of hydrogen-bond acceptors (Lipinski definition) is 2. The zero-order valence-corrected chi connectivity index (χ0v) is 7.72. The molecule has 0 radical (unpaired) electrons. The van der Waals surface area contributed by atoms with E-state index in [0.717, 1.165) is 0 Å². The Bertz CT molecular complexity index is 130. The van der Waals surface area contributed by atoms with E-state index in [1.807, 2.05) is 7.05 Å². The molecular weight excluding hydrogens is 138 g/mol. The van der Waals surface area contributed by atoms with E-state index in [2.05, 4.69) is 19.2 Å². The predicted molar refractivity (Wildman–Crippen MR) is 46.4 cm³/mol. The van der Waals surface area contributed by atoms with Gasteiger partial charge in [0.2, 0.25) is 0 Å². The first-order valence-corrected chi connectivity index (χ1v) is 4.44. The van der Waals surface area contributed by atoms with Crippen molar-refractivity contribution in [1.29, 1.82) is 0 Å². The standard InChI is InChI=1S/C9H19NO/c1-7(2)8(10-3)9(6-11)4-5-9/h7-8,10-11H,4-6H2,1-3H3. The molecule has 1 atom stereocenters. The van der Waals surface area contributed by atoms with Gasteiger partial charge in [-0.05, 0) is 25.8 Å². The van der Waals surface area contributed by atoms with Crippen LogP contribution in [0.4, 0.5) is 0 Å². The zero-order chi connectivity index (χ0) is 8.48. The van der Waals surface area contributed by atoms with Crippen molar-refractivity contribution in [2.75, 3.05) is 13.7 Å². The first kappa shape index (κ1) is 9.01. The van der Waals surface area contributed by atoms with Crippen molar-refractivity contribution in [3.63, 3.8) is 0 Å². The van der Waals surface area contributed by atoms with Crippen LogP contribution >= 0.6 is 0 Å². The molecule has 0 aromatic heterocycles. The third-order valence-electron chi connectivity index (χ3n) is 2.84. The van der Waals surface area contributed by atoms with Gasteiger partial charge in [-0.25, -0.2) is 0 Å². The summed E-state index contributed by atoms with van der Waals surface area (Å²) in [4.78, 5) is 0. The van der Waals surface area contributed by atoms with Gasteiger partial charge in [-0.1, -0.05) is 13.8 Å². The first-order chi connectivity index (χ1) is 5.16. The molecule has 66 valence electrons. The molecule has 0 aliphatic heterocycles. The fourth-order valence-electron chi connectivity index (χ4n) is 2.07. The Morgan fingerprint density at radius 1 is 1.45 bits per heavy atom. The smallest absolute Gasteiger partial charge is 0.0502 e. The van der Waals surface area contributed by atoms with Gasteiger partial charge in [0.05, 0.1) is 6.61 Å². The number of nitrogens with one attached hydrogen (secondary N) is 1. The normalized spacial score (nSPS) is 23.7. The highest BCUT2D eigenvalue weighted by Crippen LogP contribution is 2.49. The molecule has 2 nitrogen and oxygen atoms in total. The van der Waals surface area contributed by atoms with E-state index in [-0.39, 0.29) is 5.41 Å². The first-order valence-electron chi connectivity index (χ1n) is 4.44. The van der Waals surface area contributed by atoms with Gasteiger partial charge in [-0.3, -0.25) is 0 Å². The summed E-state index contributed by atoms with van der Waals surface area (Å²) in [6, 6.07) is 0.493. The van der Waals surface area contributed by atoms with Gasteiger partial charge in [-0.15, -0.1) is 0 Å². The van der Waals surface area contributed by atoms with Crippen LogP contribution in [0.5, 0.6) is 0 Å². The van der Waals surface area contributed by atoms with E-state index in [9.17, 15) is 0 Å². The van der Waals surface area contributed by atoms with Gasteiger partial charge in [0, 0.05) is 11.5 Å². The van der Waals surface area contributed by atoms with Crippen molar-refractivity contribution in [1.82, 2.24) is 5.32 Å². The molecule has 0 bridgehead atoms. The van der Waals surface area contributed by atoms with E-state index in [4.69, 9.17) is 5.11 Å². The molecule has 0 spiro atoms. The topological polar surface area (TPSA) is 32.3 Å². The quantitative estimate of drug-likeness (QED) is 0.638. The lowest BCUT2D eigenvalue weighted by Gasteiger charge is -2.28. The molecule has 1 unspecified atom stereocenters. The third-order valence-corrected chi connectivity index (χ3v) is 2.84. The van der Waals surface area contributed by atoms with Crippen LogP contribution in [0.3, 0.4) is 0 Å². The van der Waals surface area contributed by atoms with E-state index >= 15 is 0 Å². The highest BCUT2D eigenvalue weighted by molar-refractivity contribution is 5.02. The molecule has 1 aliphatic rings. The van der Waals surface area contributed by atoms with Crippen LogP contribution in [-0.4, -0.2) is 24.8 Å². The summed E-state index contributed by atoms with van der Waals surface area (Å²) >= 11 is 0. The molecule has 1 aliphatic carbocycles. The summed E-state index contributed by atoms with van der Waals surface area (Å²) in [5.41, 5.74) is 0.225. The molecule has 1 fully saturated rings. The minimum absolute atomic E-state index is 0.225. The Labute approximate surface area is 69.0 Å². The van der Waals surface area contributed by atoms with Crippen molar-refractivity contribution in [3.05, 3.63) is 0 Å². The second-order valence-electron chi connectivity index (χ2n) is 4.03. The molecule has 0 aromatic carbocycles. The van der Waals surface area contributed by atoms with Crippen LogP contribution in [0, 0.1) is 11.3 Å². The lowest BCUT2D eigenvalue weighted by Crippen LogP contribution is -2.41. The molecular formula is C9H19NO. The molecule has 1 saturated carbocycles. The van der Waals surface area contributed by atoms with Crippen LogP contribution in [-0.2, 0) is 0 Å². The van der Waals surface area contributed by atoms with E-state index in [1.54, 1.807) is 0 Å². The minimum atomic E-state index is 0.225. The number of rotatable bonds is 4. The van der Waals surface area contributed by atoms with Crippen molar-refractivity contribution >= 4 is 0 Å². The van der Waals surface area contributed by atoms with Gasteiger partial charge in [0.15, 0.2) is 0 Å². The predicted octanol–water partition coefficient (Wildman–Crippen LogP) is 1.00. The van der Waals surface area contributed by atoms with E-state index in [1.165, 1.54) is 12.8 Å². The van der Waals surface area contributed by atoms with Crippen LogP contribution in [0.1, 0.15) is 26.7 Å². The number of hydrogen-bond donors (Lipinski definition) is 2. The fourth-order valence-corrected chi connectivity index (χ4v) is 2.07. The zero-order valence-electron chi connectivity index (χ0n) is 7.72. The SMILES string of the molecule is CNC(C(C)C)C1(CO)CC1. The largest absolute Gasteiger partial charge is 0.396 e. The summed E-state index contributed by atoms with van der Waals surface area (Å²) in [6.07, 6.45) is 2.38. The van der Waals surface area contributed by atoms with Crippen LogP contribution in [0.25, 0.3) is 0 Å². The van der Waals surface area contributed by atoms with Crippen molar-refractivity contribution in [2.45, 2.75) is 32.7 Å². The van der Waals surface area contributed by atoms with Gasteiger partial charge in [-0.2, -0.15) is 0 Å². The Morgan fingerprint density at radius 3 is 2.09 bits per heavy atom. The molecule has 0 aromatic rings. The maximum Gasteiger partial charge on any atom is 0.0502 e. The Balaban J connectivity index is 2.54. The summed E-state index contributed by atoms with van der Waals surface area (Å²) in [5.74, 6) is 0.620. The van der Waals surface area contributed by atoms with E-state index in [0.29, 0.717) is 18.6 Å². The lowest BCUT2D eigenvalue weighted by molar-refractivity contribution is 0.152. The van der Waals surface area contributed by atoms with Crippen LogP contribution in [0.2, 0.25) is 0 Å². The van der Waals surface area contributed by atoms with Gasteiger partial charge in [0.25, 0.3) is 0 Å². The highest BCUT2D eigenvalue weighted by atomic mass is 16.3. The average Bonchev–Trinajstić information content (AvgIpc) is 2.70. The maximum atomic E-state index is 9.17. The number of aliphatic hydroxyl groups is 1.